The largest absolute Gasteiger partial charge is 0.423 e. The average Bonchev–Trinajstić information content (AvgIpc) is 2.94. The summed E-state index contributed by atoms with van der Waals surface area (Å²) >= 11 is 11.7. The molecule has 0 unspecified atom stereocenters. The molecule has 5 nitrogen and oxygen atoms in total. The van der Waals surface area contributed by atoms with Crippen molar-refractivity contribution in [3.63, 3.8) is 0 Å². The SMILES string of the molecule is O=C(Oc1ccc(-c2cccc(-c3ccc(OC(=O)c4ccc(Cl)cc4)cc3)n2)cc1)c1ccc(Cl)cc1. The predicted molar refractivity (Wildman–Crippen MR) is 148 cm³/mol. The van der Waals surface area contributed by atoms with Crippen LogP contribution in [-0.2, 0) is 0 Å². The molecule has 1 heterocycles. The van der Waals surface area contributed by atoms with Gasteiger partial charge in [-0.3, -0.25) is 0 Å². The summed E-state index contributed by atoms with van der Waals surface area (Å²) in [5, 5.41) is 1.10. The molecule has 0 N–H and O–H groups in total. The number of hydrogen-bond donors (Lipinski definition) is 0. The van der Waals surface area contributed by atoms with E-state index < -0.39 is 11.9 Å². The van der Waals surface area contributed by atoms with Gasteiger partial charge >= 0.3 is 11.9 Å². The number of rotatable bonds is 6. The van der Waals surface area contributed by atoms with Crippen LogP contribution in [0, 0.1) is 0 Å². The fourth-order valence-corrected chi connectivity index (χ4v) is 3.90. The first-order valence-corrected chi connectivity index (χ1v) is 12.3. The zero-order chi connectivity index (χ0) is 26.5. The molecule has 186 valence electrons. The van der Waals surface area contributed by atoms with Crippen LogP contribution >= 0.6 is 23.2 Å². The molecule has 0 amide bonds. The maximum Gasteiger partial charge on any atom is 0.343 e. The summed E-state index contributed by atoms with van der Waals surface area (Å²) in [4.78, 5) is 29.4. The zero-order valence-corrected chi connectivity index (χ0v) is 21.3. The molecule has 0 aliphatic heterocycles. The third-order valence-corrected chi connectivity index (χ3v) is 6.13. The molecular formula is C31H19Cl2NO4. The Morgan fingerprint density at radius 3 is 1.24 bits per heavy atom. The van der Waals surface area contributed by atoms with Gasteiger partial charge in [-0.25, -0.2) is 14.6 Å². The molecule has 0 saturated carbocycles. The standard InChI is InChI=1S/C31H19Cl2NO4/c32-24-12-4-22(5-13-24)30(35)37-26-16-8-20(9-17-26)28-2-1-3-29(34-28)21-10-18-27(19-11-21)38-31(36)23-6-14-25(33)15-7-23/h1-19H. The van der Waals surface area contributed by atoms with E-state index >= 15 is 0 Å². The lowest BCUT2D eigenvalue weighted by Crippen LogP contribution is -2.08. The topological polar surface area (TPSA) is 65.5 Å². The van der Waals surface area contributed by atoms with Gasteiger partial charge in [-0.05, 0) is 109 Å². The van der Waals surface area contributed by atoms with Gasteiger partial charge in [0.15, 0.2) is 0 Å². The third kappa shape index (κ3) is 6.09. The number of hydrogen-bond acceptors (Lipinski definition) is 5. The minimum Gasteiger partial charge on any atom is -0.423 e. The molecule has 7 heteroatoms. The van der Waals surface area contributed by atoms with Gasteiger partial charge in [0.2, 0.25) is 0 Å². The van der Waals surface area contributed by atoms with Crippen LogP contribution in [0.3, 0.4) is 0 Å². The van der Waals surface area contributed by atoms with Crippen molar-refractivity contribution >= 4 is 35.1 Å². The first kappa shape index (κ1) is 25.2. The number of esters is 2. The highest BCUT2D eigenvalue weighted by atomic mass is 35.5. The summed E-state index contributed by atoms with van der Waals surface area (Å²) in [5.41, 5.74) is 4.09. The highest BCUT2D eigenvalue weighted by Crippen LogP contribution is 2.26. The van der Waals surface area contributed by atoms with Gasteiger partial charge in [-0.2, -0.15) is 0 Å². The Balaban J connectivity index is 1.26. The van der Waals surface area contributed by atoms with E-state index in [1.54, 1.807) is 72.8 Å². The molecule has 0 radical (unpaired) electrons. The number of benzene rings is 4. The van der Waals surface area contributed by atoms with Crippen molar-refractivity contribution in [2.75, 3.05) is 0 Å². The number of pyridine rings is 1. The van der Waals surface area contributed by atoms with Gasteiger partial charge in [0.25, 0.3) is 0 Å². The average molecular weight is 540 g/mol. The van der Waals surface area contributed by atoms with Crippen molar-refractivity contribution in [3.05, 3.63) is 136 Å². The Hall–Kier alpha value is -4.45. The number of carbonyl (C=O) groups is 2. The molecule has 0 aliphatic rings. The summed E-state index contributed by atoms with van der Waals surface area (Å²) < 4.78 is 10.9. The van der Waals surface area contributed by atoms with E-state index in [2.05, 4.69) is 0 Å². The lowest BCUT2D eigenvalue weighted by atomic mass is 10.1. The predicted octanol–water partition coefficient (Wildman–Crippen LogP) is 8.16. The summed E-state index contributed by atoms with van der Waals surface area (Å²) in [5.74, 6) is -0.0733. The summed E-state index contributed by atoms with van der Waals surface area (Å²) in [6.45, 7) is 0. The van der Waals surface area contributed by atoms with Crippen LogP contribution in [0.1, 0.15) is 20.7 Å². The highest BCUT2D eigenvalue weighted by molar-refractivity contribution is 6.31. The van der Waals surface area contributed by atoms with E-state index in [1.165, 1.54) is 0 Å². The van der Waals surface area contributed by atoms with Crippen molar-refractivity contribution < 1.29 is 19.1 Å². The van der Waals surface area contributed by atoms with Crippen molar-refractivity contribution in [2.24, 2.45) is 0 Å². The molecule has 0 atom stereocenters. The summed E-state index contributed by atoms with van der Waals surface area (Å²) in [6, 6.07) is 33.0. The summed E-state index contributed by atoms with van der Waals surface area (Å²) in [7, 11) is 0. The Morgan fingerprint density at radius 2 is 0.868 bits per heavy atom. The van der Waals surface area contributed by atoms with E-state index in [1.807, 2.05) is 42.5 Å². The van der Waals surface area contributed by atoms with E-state index in [-0.39, 0.29) is 0 Å². The fourth-order valence-electron chi connectivity index (χ4n) is 3.65. The second-order valence-corrected chi connectivity index (χ2v) is 9.12. The number of nitrogens with zero attached hydrogens (tertiary/aromatic N) is 1. The molecule has 0 aliphatic carbocycles. The molecule has 38 heavy (non-hydrogen) atoms. The van der Waals surface area contributed by atoms with Crippen molar-refractivity contribution in [1.82, 2.24) is 4.98 Å². The first-order valence-electron chi connectivity index (χ1n) is 11.6. The second kappa shape index (κ2) is 11.3. The molecule has 4 aromatic carbocycles. The number of carbonyl (C=O) groups excluding carboxylic acids is 2. The monoisotopic (exact) mass is 539 g/mol. The molecular weight excluding hydrogens is 521 g/mol. The Labute approximate surface area is 229 Å². The Kier molecular flexibility index (Phi) is 7.50. The fraction of sp³-hybridized carbons (Fsp3) is 0. The van der Waals surface area contributed by atoms with Crippen LogP contribution < -0.4 is 9.47 Å². The quantitative estimate of drug-likeness (QED) is 0.161. The maximum atomic E-state index is 12.3. The molecule has 0 saturated heterocycles. The van der Waals surface area contributed by atoms with Gasteiger partial charge in [-0.15, -0.1) is 0 Å². The van der Waals surface area contributed by atoms with Crippen LogP contribution in [-0.4, -0.2) is 16.9 Å². The van der Waals surface area contributed by atoms with Crippen molar-refractivity contribution in [1.29, 1.82) is 0 Å². The number of halogens is 2. The molecule has 0 fully saturated rings. The molecule has 1 aromatic heterocycles. The molecule has 5 rings (SSSR count). The van der Waals surface area contributed by atoms with Crippen LogP contribution in [0.15, 0.2) is 115 Å². The molecule has 0 bridgehead atoms. The minimum absolute atomic E-state index is 0.415. The van der Waals surface area contributed by atoms with E-state index in [0.29, 0.717) is 32.7 Å². The lowest BCUT2D eigenvalue weighted by Gasteiger charge is -2.08. The third-order valence-electron chi connectivity index (χ3n) is 5.63. The second-order valence-electron chi connectivity index (χ2n) is 8.25. The van der Waals surface area contributed by atoms with E-state index in [4.69, 9.17) is 37.7 Å². The first-order chi connectivity index (χ1) is 18.4. The maximum absolute atomic E-state index is 12.3. The van der Waals surface area contributed by atoms with E-state index in [9.17, 15) is 9.59 Å². The number of aromatic nitrogens is 1. The Morgan fingerprint density at radius 1 is 0.500 bits per heavy atom. The summed E-state index contributed by atoms with van der Waals surface area (Å²) in [6.07, 6.45) is 0. The van der Waals surface area contributed by atoms with Crippen LogP contribution in [0.5, 0.6) is 11.5 Å². The van der Waals surface area contributed by atoms with Crippen molar-refractivity contribution in [3.8, 4) is 34.0 Å². The van der Waals surface area contributed by atoms with Gasteiger partial charge in [0.1, 0.15) is 11.5 Å². The highest BCUT2D eigenvalue weighted by Gasteiger charge is 2.11. The van der Waals surface area contributed by atoms with Gasteiger partial charge in [-0.1, -0.05) is 29.3 Å². The number of ether oxygens (including phenoxy) is 2. The lowest BCUT2D eigenvalue weighted by molar-refractivity contribution is 0.0725. The van der Waals surface area contributed by atoms with Crippen LogP contribution in [0.4, 0.5) is 0 Å². The zero-order valence-electron chi connectivity index (χ0n) is 19.8. The molecule has 5 aromatic rings. The van der Waals surface area contributed by atoms with E-state index in [0.717, 1.165) is 22.5 Å². The van der Waals surface area contributed by atoms with Crippen molar-refractivity contribution in [2.45, 2.75) is 0 Å². The van der Waals surface area contributed by atoms with Gasteiger partial charge in [0, 0.05) is 21.2 Å². The normalized spacial score (nSPS) is 10.6. The van der Waals surface area contributed by atoms with Crippen LogP contribution in [0.2, 0.25) is 10.0 Å². The minimum atomic E-state index is -0.461. The molecule has 0 spiro atoms. The smallest absolute Gasteiger partial charge is 0.343 e. The van der Waals surface area contributed by atoms with Crippen LogP contribution in [0.25, 0.3) is 22.5 Å². The van der Waals surface area contributed by atoms with Gasteiger partial charge in [0.05, 0.1) is 22.5 Å². The van der Waals surface area contributed by atoms with Gasteiger partial charge < -0.3 is 9.47 Å². The Bertz CT molecular complexity index is 1460.